The van der Waals surface area contributed by atoms with Crippen molar-refractivity contribution in [2.24, 2.45) is 39.7 Å². The maximum Gasteiger partial charge on any atom is 0.148 e. The quantitative estimate of drug-likeness (QED) is 0.341. The summed E-state index contributed by atoms with van der Waals surface area (Å²) in [6.45, 7) is 4.17. The van der Waals surface area contributed by atoms with E-state index in [1.807, 2.05) is 34.7 Å². The predicted octanol–water partition coefficient (Wildman–Crippen LogP) is 1.76. The van der Waals surface area contributed by atoms with Crippen LogP contribution in [0.5, 0.6) is 0 Å². The molecule has 1 unspecified atom stereocenters. The Morgan fingerprint density at radius 2 is 1.94 bits per heavy atom. The van der Waals surface area contributed by atoms with Gasteiger partial charge in [-0.25, -0.2) is 0 Å². The van der Waals surface area contributed by atoms with Gasteiger partial charge < -0.3 is 33.6 Å². The van der Waals surface area contributed by atoms with Gasteiger partial charge in [-0.05, 0) is 31.7 Å². The number of methoxy groups -OCH3 is 4. The summed E-state index contributed by atoms with van der Waals surface area (Å²) in [5.41, 5.74) is -1.82. The molecule has 7 aliphatic rings. The Bertz CT molecular complexity index is 920. The zero-order chi connectivity index (χ0) is 24.4. The summed E-state index contributed by atoms with van der Waals surface area (Å²) in [6.07, 6.45) is 5.33. The Balaban J connectivity index is 1.58. The van der Waals surface area contributed by atoms with Gasteiger partial charge in [0.25, 0.3) is 0 Å². The zero-order valence-electron chi connectivity index (χ0n) is 21.5. The molecule has 2 aliphatic heterocycles. The van der Waals surface area contributed by atoms with Crippen LogP contribution in [0.3, 0.4) is 0 Å². The molecule has 5 aliphatic carbocycles. The fraction of sp³-hybridized carbons (Fsp3) is 0.962. The molecule has 0 radical (unpaired) electrons. The van der Waals surface area contributed by atoms with E-state index in [0.29, 0.717) is 11.8 Å². The third-order valence-corrected chi connectivity index (χ3v) is 12.1. The van der Waals surface area contributed by atoms with E-state index in [9.17, 15) is 5.21 Å². The molecule has 0 aromatic rings. The minimum Gasteiger partial charge on any atom is -0.411 e. The van der Waals surface area contributed by atoms with Gasteiger partial charge >= 0.3 is 0 Å². The van der Waals surface area contributed by atoms with E-state index < -0.39 is 11.2 Å². The number of piperidine rings is 1. The summed E-state index contributed by atoms with van der Waals surface area (Å²) >= 11 is 0. The predicted molar refractivity (Wildman–Crippen MR) is 124 cm³/mol. The van der Waals surface area contributed by atoms with Crippen LogP contribution in [0.15, 0.2) is 5.16 Å². The van der Waals surface area contributed by atoms with E-state index in [4.69, 9.17) is 28.4 Å². The number of fused-ring (bicyclic) bond motifs is 1. The van der Waals surface area contributed by atoms with E-state index in [2.05, 4.69) is 17.0 Å². The number of likely N-dealkylation sites (N-methyl/N-ethyl adjacent to an activating group) is 1. The average molecular weight is 493 g/mol. The summed E-state index contributed by atoms with van der Waals surface area (Å²) in [7, 11) is 7.35. The summed E-state index contributed by atoms with van der Waals surface area (Å²) in [5.74, 6) is 0.863. The molecule has 7 rings (SSSR count). The van der Waals surface area contributed by atoms with E-state index in [1.165, 1.54) is 0 Å². The molecule has 2 saturated heterocycles. The second kappa shape index (κ2) is 7.40. The number of ether oxygens (including phenoxy) is 6. The molecule has 1 N–H and O–H groups in total. The highest BCUT2D eigenvalue weighted by Crippen LogP contribution is 2.82. The van der Waals surface area contributed by atoms with Crippen molar-refractivity contribution in [3.8, 4) is 0 Å². The lowest BCUT2D eigenvalue weighted by Gasteiger charge is -2.69. The largest absolute Gasteiger partial charge is 0.411 e. The highest BCUT2D eigenvalue weighted by atomic mass is 16.7. The highest BCUT2D eigenvalue weighted by molar-refractivity contribution is 5.69. The SMILES string of the molecule is CCN1C[C@]2(C=NO)CC[C@H](OC)[C@@]34C1[C@]1(OCO[C@@]15C[C@H](OC)[C@H]1C[C@@H]3[C@@H]5[C@H]1OC)[C@@H](OC)[C@H]24. The lowest BCUT2D eigenvalue weighted by molar-refractivity contribution is -0.279. The van der Waals surface area contributed by atoms with Gasteiger partial charge in [0.1, 0.15) is 18.0 Å². The van der Waals surface area contributed by atoms with Crippen molar-refractivity contribution in [2.75, 3.05) is 48.3 Å². The van der Waals surface area contributed by atoms with Crippen LogP contribution < -0.4 is 0 Å². The first-order valence-electron chi connectivity index (χ1n) is 13.3. The molecule has 9 heteroatoms. The first kappa shape index (κ1) is 23.3. The van der Waals surface area contributed by atoms with E-state index in [0.717, 1.165) is 38.8 Å². The topological polar surface area (TPSA) is 91.2 Å². The molecule has 0 aromatic carbocycles. The molecule has 9 nitrogen and oxygen atoms in total. The standard InChI is InChI=1S/C26H40N2O7/c1-6-28-12-23(11-27-29)8-7-17(31-3)25-15-9-14-16(30-2)10-24(18(15)19(14)32-4)26(22(25)28,35-13-34-24)21(33-5)20(23)25/h11,14-22,29H,6-10,12-13H2,1-5H3/t14-,15-,16+,17+,18-,19+,20-,21+,22?,23-,24-,25+,26-/m1/s1. The Labute approximate surface area is 207 Å². The molecule has 3 spiro atoms. The Morgan fingerprint density at radius 3 is 2.60 bits per heavy atom. The Hall–Kier alpha value is -0.810. The van der Waals surface area contributed by atoms with Gasteiger partial charge in [0.15, 0.2) is 0 Å². The molecule has 7 fully saturated rings. The van der Waals surface area contributed by atoms with Crippen LogP contribution in [0.1, 0.15) is 32.6 Å². The van der Waals surface area contributed by atoms with Crippen molar-refractivity contribution >= 4 is 6.21 Å². The van der Waals surface area contributed by atoms with Crippen LogP contribution in [-0.2, 0) is 28.4 Å². The van der Waals surface area contributed by atoms with Gasteiger partial charge in [0.05, 0.1) is 36.7 Å². The minimum atomic E-state index is -0.682. The lowest BCUT2D eigenvalue weighted by Crippen LogP contribution is -2.81. The van der Waals surface area contributed by atoms with Crippen LogP contribution >= 0.6 is 0 Å². The molecule has 0 aromatic heterocycles. The van der Waals surface area contributed by atoms with Crippen LogP contribution in [0.4, 0.5) is 0 Å². The second-order valence-corrected chi connectivity index (χ2v) is 12.1. The maximum absolute atomic E-state index is 9.94. The summed E-state index contributed by atoms with van der Waals surface area (Å²) in [5, 5.41) is 13.6. The zero-order valence-corrected chi connectivity index (χ0v) is 21.5. The van der Waals surface area contributed by atoms with E-state index >= 15 is 0 Å². The Kier molecular flexibility index (Phi) is 4.93. The number of nitrogens with zero attached hydrogens (tertiary/aromatic N) is 2. The molecule has 7 bridgehead atoms. The van der Waals surface area contributed by atoms with Crippen molar-refractivity contribution in [3.05, 3.63) is 0 Å². The normalized spacial score (nSPS) is 59.9. The second-order valence-electron chi connectivity index (χ2n) is 12.1. The van der Waals surface area contributed by atoms with Gasteiger partial charge in [-0.1, -0.05) is 6.92 Å². The number of rotatable bonds is 6. The molecule has 35 heavy (non-hydrogen) atoms. The highest BCUT2D eigenvalue weighted by Gasteiger charge is 2.93. The van der Waals surface area contributed by atoms with Crippen molar-refractivity contribution in [2.45, 2.75) is 74.3 Å². The van der Waals surface area contributed by atoms with Gasteiger partial charge in [0, 0.05) is 70.0 Å². The molecule has 5 saturated carbocycles. The fourth-order valence-corrected chi connectivity index (χ4v) is 11.7. The van der Waals surface area contributed by atoms with Crippen LogP contribution in [0.2, 0.25) is 0 Å². The average Bonchev–Trinajstić information content (AvgIpc) is 3.45. The molecular weight excluding hydrogens is 452 g/mol. The first-order valence-corrected chi connectivity index (χ1v) is 13.3. The summed E-state index contributed by atoms with van der Waals surface area (Å²) < 4.78 is 39.3. The van der Waals surface area contributed by atoms with Gasteiger partial charge in [0.2, 0.25) is 0 Å². The lowest BCUT2D eigenvalue weighted by atomic mass is 9.42. The summed E-state index contributed by atoms with van der Waals surface area (Å²) in [4.78, 5) is 2.59. The Morgan fingerprint density at radius 1 is 1.11 bits per heavy atom. The minimum absolute atomic E-state index is 0.0312. The van der Waals surface area contributed by atoms with Gasteiger partial charge in [-0.2, -0.15) is 0 Å². The summed E-state index contributed by atoms with van der Waals surface area (Å²) in [6, 6.07) is 0.0797. The van der Waals surface area contributed by atoms with Crippen molar-refractivity contribution < 1.29 is 33.6 Å². The van der Waals surface area contributed by atoms with Gasteiger partial charge in [-0.3, -0.25) is 4.90 Å². The number of oxime groups is 1. The third-order valence-electron chi connectivity index (χ3n) is 12.1. The monoisotopic (exact) mass is 492 g/mol. The van der Waals surface area contributed by atoms with Crippen molar-refractivity contribution in [1.82, 2.24) is 4.90 Å². The molecule has 0 amide bonds. The number of hydrogen-bond donors (Lipinski definition) is 1. The van der Waals surface area contributed by atoms with Crippen LogP contribution in [-0.4, -0.2) is 106 Å². The maximum atomic E-state index is 9.94. The molecule has 2 heterocycles. The van der Waals surface area contributed by atoms with E-state index in [1.54, 1.807) is 0 Å². The smallest absolute Gasteiger partial charge is 0.148 e. The van der Waals surface area contributed by atoms with Crippen LogP contribution in [0, 0.1) is 34.5 Å². The van der Waals surface area contributed by atoms with Crippen molar-refractivity contribution in [1.29, 1.82) is 0 Å². The fourth-order valence-electron chi connectivity index (χ4n) is 11.7. The first-order chi connectivity index (χ1) is 17.0. The van der Waals surface area contributed by atoms with E-state index in [-0.39, 0.29) is 59.9 Å². The van der Waals surface area contributed by atoms with Crippen molar-refractivity contribution in [3.63, 3.8) is 0 Å². The molecular formula is C26H40N2O7. The molecule has 196 valence electrons. The van der Waals surface area contributed by atoms with Crippen LogP contribution in [0.25, 0.3) is 0 Å². The molecule has 13 atom stereocenters. The number of hydrogen-bond acceptors (Lipinski definition) is 9. The third kappa shape index (κ3) is 2.16. The number of likely N-dealkylation sites (tertiary alicyclic amines) is 1. The van der Waals surface area contributed by atoms with Gasteiger partial charge in [-0.15, -0.1) is 5.16 Å².